The number of likely N-dealkylation sites (tertiary alicyclic amines) is 2. The zero-order valence-corrected chi connectivity index (χ0v) is 37.1. The first-order chi connectivity index (χ1) is 28.7. The minimum atomic E-state index is -4.94. The molecule has 4 fully saturated rings. The van der Waals surface area contributed by atoms with Crippen molar-refractivity contribution in [3.63, 3.8) is 0 Å². The lowest BCUT2D eigenvalue weighted by Crippen LogP contribution is -2.60. The number of aliphatic hydroxyl groups excluding tert-OH is 1. The highest BCUT2D eigenvalue weighted by Crippen LogP contribution is 2.47. The molecule has 1 aromatic heterocycles. The number of hydrogen-bond donors (Lipinski definition) is 4. The van der Waals surface area contributed by atoms with E-state index in [0.29, 0.717) is 63.6 Å². The minimum absolute atomic E-state index is 0.0757. The zero-order chi connectivity index (χ0) is 45.8. The van der Waals surface area contributed by atoms with Crippen molar-refractivity contribution in [3.05, 3.63) is 29.3 Å². The molecule has 3 heterocycles. The number of halogens is 4. The molecule has 2 aliphatic heterocycles. The number of β-amino-alcohol motifs (C(OH)–C–C–N with tert-alkyl or cyclic N) is 1. The number of hydrogen-bond acceptors (Lipinski definition) is 13. The number of alkyl halides is 3. The van der Waals surface area contributed by atoms with Gasteiger partial charge in [-0.3, -0.25) is 19.3 Å². The maximum atomic E-state index is 14.7. The maximum Gasteiger partial charge on any atom is 0.427 e. The second-order valence-electron chi connectivity index (χ2n) is 18.4. The van der Waals surface area contributed by atoms with Gasteiger partial charge in [-0.1, -0.05) is 51.8 Å². The van der Waals surface area contributed by atoms with E-state index in [1.807, 2.05) is 9.62 Å². The summed E-state index contributed by atoms with van der Waals surface area (Å²) in [5.74, 6) is -2.84. The molecule has 0 radical (unpaired) electrons. The van der Waals surface area contributed by atoms with E-state index in [0.717, 1.165) is 4.90 Å². The summed E-state index contributed by atoms with van der Waals surface area (Å²) in [6, 6.07) is 3.58. The molecule has 17 nitrogen and oxygen atoms in total. The Hall–Kier alpha value is -4.18. The average Bonchev–Trinajstić information content (AvgIpc) is 4.00. The monoisotopic (exact) mass is 918 g/mol. The van der Waals surface area contributed by atoms with Gasteiger partial charge in [0.2, 0.25) is 23.3 Å². The predicted molar refractivity (Wildman–Crippen MR) is 217 cm³/mol. The van der Waals surface area contributed by atoms with Gasteiger partial charge in [-0.05, 0) is 63.5 Å². The van der Waals surface area contributed by atoms with E-state index in [1.165, 1.54) is 6.07 Å². The number of carbonyl (C=O) groups excluding carboxylic acids is 4. The van der Waals surface area contributed by atoms with Gasteiger partial charge in [0.05, 0.1) is 28.8 Å². The number of nitrogens with one attached hydrogen (secondary N) is 3. The quantitative estimate of drug-likeness (QED) is 0.188. The van der Waals surface area contributed by atoms with Crippen LogP contribution in [0.1, 0.15) is 80.6 Å². The Bertz CT molecular complexity index is 2180. The number of fused-ring (bicyclic) bond motifs is 1. The molecule has 5 atom stereocenters. The Morgan fingerprint density at radius 2 is 1.76 bits per heavy atom. The average molecular weight is 919 g/mol. The summed E-state index contributed by atoms with van der Waals surface area (Å²) in [5.41, 5.74) is -6.38. The van der Waals surface area contributed by atoms with Gasteiger partial charge < -0.3 is 34.9 Å². The van der Waals surface area contributed by atoms with Crippen molar-refractivity contribution in [1.82, 2.24) is 30.1 Å². The van der Waals surface area contributed by atoms with Gasteiger partial charge in [0.15, 0.2) is 0 Å². The van der Waals surface area contributed by atoms with Crippen LogP contribution in [0.4, 0.5) is 18.0 Å². The Morgan fingerprint density at radius 3 is 2.34 bits per heavy atom. The van der Waals surface area contributed by atoms with Crippen LogP contribution in [0.15, 0.2) is 24.3 Å². The van der Waals surface area contributed by atoms with Gasteiger partial charge in [0, 0.05) is 37.5 Å². The molecule has 2 saturated carbocycles. The number of alkyl carbamates (subject to hydrolysis) is 1. The van der Waals surface area contributed by atoms with Gasteiger partial charge in [0.1, 0.15) is 36.1 Å². The Kier molecular flexibility index (Phi) is 13.0. The fourth-order valence-electron chi connectivity index (χ4n) is 7.51. The number of rotatable bonds is 16. The molecule has 6 rings (SSSR count). The number of amides is 4. The molecule has 62 heavy (non-hydrogen) atoms. The molecule has 1 unspecified atom stereocenters. The third kappa shape index (κ3) is 10.6. The number of ether oxygens (including phenoxy) is 3. The SMILES string of the molecule is CC[C@@H]1CC1(NC(=O)[C@@H]1C[C@@H](Oc2cc(OCCN3CC(O)C3)nc3c(Cl)cccc23)CN1C(=O)[C@@H](NC(=O)OC(C)(C)C(F)(F)F)C(C)(C)C)C(=O)NS(=O)(=O)OC1(C)CC1. The highest BCUT2D eigenvalue weighted by atomic mass is 35.5. The fourth-order valence-corrected chi connectivity index (χ4v) is 8.87. The van der Waals surface area contributed by atoms with Crippen LogP contribution in [0.2, 0.25) is 5.02 Å². The van der Waals surface area contributed by atoms with E-state index in [-0.39, 0.29) is 42.6 Å². The molecule has 1 aromatic carbocycles. The first kappa shape index (κ1) is 47.3. The molecule has 2 aromatic rings. The first-order valence-electron chi connectivity index (χ1n) is 20.4. The van der Waals surface area contributed by atoms with Crippen molar-refractivity contribution in [2.24, 2.45) is 11.3 Å². The molecule has 344 valence electrons. The Balaban J connectivity index is 1.29. The van der Waals surface area contributed by atoms with Crippen molar-refractivity contribution in [2.45, 2.75) is 128 Å². The molecule has 22 heteroatoms. The van der Waals surface area contributed by atoms with Crippen molar-refractivity contribution in [1.29, 1.82) is 0 Å². The minimum Gasteiger partial charge on any atom is -0.488 e. The third-order valence-electron chi connectivity index (χ3n) is 11.7. The lowest BCUT2D eigenvalue weighted by molar-refractivity contribution is -0.244. The molecule has 4 amide bonds. The number of aliphatic hydroxyl groups is 1. The van der Waals surface area contributed by atoms with Gasteiger partial charge in [-0.2, -0.15) is 21.6 Å². The normalized spacial score (nSPS) is 24.5. The summed E-state index contributed by atoms with van der Waals surface area (Å²) in [7, 11) is -4.57. The van der Waals surface area contributed by atoms with E-state index in [2.05, 4.69) is 15.6 Å². The van der Waals surface area contributed by atoms with Crippen LogP contribution < -0.4 is 24.8 Å². The van der Waals surface area contributed by atoms with Crippen LogP contribution in [0.25, 0.3) is 10.9 Å². The van der Waals surface area contributed by atoms with Crippen molar-refractivity contribution < 1.29 is 64.3 Å². The van der Waals surface area contributed by atoms with Crippen LogP contribution in [0, 0.1) is 11.3 Å². The van der Waals surface area contributed by atoms with E-state index in [1.54, 1.807) is 52.8 Å². The number of benzene rings is 1. The van der Waals surface area contributed by atoms with Crippen LogP contribution >= 0.6 is 11.6 Å². The summed E-state index contributed by atoms with van der Waals surface area (Å²) in [6.07, 6.45) is -6.62. The van der Waals surface area contributed by atoms with Crippen LogP contribution in [0.3, 0.4) is 0 Å². The first-order valence-corrected chi connectivity index (χ1v) is 22.2. The molecule has 0 bridgehead atoms. The zero-order valence-electron chi connectivity index (χ0n) is 35.6. The smallest absolute Gasteiger partial charge is 0.427 e. The summed E-state index contributed by atoms with van der Waals surface area (Å²) < 4.78 is 91.0. The topological polar surface area (TPSA) is 215 Å². The highest BCUT2D eigenvalue weighted by molar-refractivity contribution is 7.85. The maximum absolute atomic E-state index is 14.7. The van der Waals surface area contributed by atoms with Gasteiger partial charge in [-0.15, -0.1) is 0 Å². The third-order valence-corrected chi connectivity index (χ3v) is 13.1. The number of carbonyl (C=O) groups is 4. The Labute approximate surface area is 362 Å². The van der Waals surface area contributed by atoms with E-state index in [4.69, 9.17) is 30.0 Å². The van der Waals surface area contributed by atoms with Crippen LogP contribution in [-0.2, 0) is 33.6 Å². The predicted octanol–water partition coefficient (Wildman–Crippen LogP) is 3.99. The van der Waals surface area contributed by atoms with Crippen molar-refractivity contribution in [3.8, 4) is 11.6 Å². The Morgan fingerprint density at radius 1 is 1.08 bits per heavy atom. The highest BCUT2D eigenvalue weighted by Gasteiger charge is 2.62. The van der Waals surface area contributed by atoms with Crippen LogP contribution in [-0.4, -0.2) is 132 Å². The van der Waals surface area contributed by atoms with E-state index in [9.17, 15) is 45.9 Å². The molecule has 4 N–H and O–H groups in total. The van der Waals surface area contributed by atoms with E-state index < -0.39 is 92.7 Å². The van der Waals surface area contributed by atoms with Gasteiger partial charge in [0.25, 0.3) is 5.91 Å². The molecule has 4 aliphatic rings. The van der Waals surface area contributed by atoms with Crippen molar-refractivity contribution >= 4 is 56.6 Å². The van der Waals surface area contributed by atoms with Gasteiger partial charge in [-0.25, -0.2) is 18.7 Å². The standard InChI is InChI=1S/C40H54ClF3N6O11S/c1-8-22-18-39(22,34(54)48-62(56,57)61-38(7)12-13-38)47-32(52)27-16-24(21-50(27)33(53)31(36(2,3)4)46-35(55)60-37(5,6)40(42,43)44)59-28-17-29(58-15-14-49-19-23(51)20-49)45-30-25(28)10-9-11-26(30)41/h9-11,17,22-24,27,31,51H,8,12-16,18-21H2,1-7H3,(H,46,55)(H,47,52)(H,48,54)/t22-,24-,27+,31-,39?/m1/s1. The summed E-state index contributed by atoms with van der Waals surface area (Å²) in [4.78, 5) is 63.5. The molecule has 0 spiro atoms. The largest absolute Gasteiger partial charge is 0.488 e. The molecule has 2 saturated heterocycles. The van der Waals surface area contributed by atoms with Crippen molar-refractivity contribution in [2.75, 3.05) is 32.8 Å². The lowest BCUT2D eigenvalue weighted by atomic mass is 9.85. The van der Waals surface area contributed by atoms with Crippen LogP contribution in [0.5, 0.6) is 11.6 Å². The molecular formula is C40H54ClF3N6O11S. The number of para-hydroxylation sites is 1. The fraction of sp³-hybridized carbons (Fsp3) is 0.675. The van der Waals surface area contributed by atoms with Gasteiger partial charge >= 0.3 is 22.6 Å². The summed E-state index contributed by atoms with van der Waals surface area (Å²) >= 11 is 6.55. The number of nitrogens with zero attached hydrogens (tertiary/aromatic N) is 3. The number of aromatic nitrogens is 1. The second-order valence-corrected chi connectivity index (χ2v) is 20.1. The second kappa shape index (κ2) is 17.1. The number of pyridine rings is 1. The summed E-state index contributed by atoms with van der Waals surface area (Å²) in [5, 5.41) is 15.4. The molecule has 2 aliphatic carbocycles. The van der Waals surface area contributed by atoms with E-state index >= 15 is 0 Å². The molecular weight excluding hydrogens is 865 g/mol. The summed E-state index contributed by atoms with van der Waals surface area (Å²) in [6.45, 7) is 10.8. The lowest BCUT2D eigenvalue weighted by Gasteiger charge is -2.36.